The molecule has 0 unspecified atom stereocenters. The largest absolute Gasteiger partial charge is 0.326 e. The fourth-order valence-electron chi connectivity index (χ4n) is 3.32. The molecule has 0 radical (unpaired) electrons. The summed E-state index contributed by atoms with van der Waals surface area (Å²) in [7, 11) is 0. The fourth-order valence-corrected chi connectivity index (χ4v) is 3.32. The van der Waals surface area contributed by atoms with E-state index >= 15 is 0 Å². The van der Waals surface area contributed by atoms with Gasteiger partial charge in [0.1, 0.15) is 5.52 Å². The summed E-state index contributed by atoms with van der Waals surface area (Å²) in [5.74, 6) is -3.16. The van der Waals surface area contributed by atoms with Crippen molar-refractivity contribution in [3.8, 4) is 0 Å². The molecule has 2 fully saturated rings. The number of carbonyl (C=O) groups is 1. The number of likely N-dealkylation sites (tertiary alicyclic amines) is 1. The van der Waals surface area contributed by atoms with Crippen LogP contribution in [-0.2, 0) is 0 Å². The molecule has 2 aliphatic rings. The lowest BCUT2D eigenvalue weighted by molar-refractivity contribution is -0.113. The Balaban J connectivity index is 1.60. The third-order valence-corrected chi connectivity index (χ3v) is 4.51. The molecule has 1 aliphatic carbocycles. The van der Waals surface area contributed by atoms with Crippen molar-refractivity contribution in [2.24, 2.45) is 0 Å². The summed E-state index contributed by atoms with van der Waals surface area (Å²) in [6, 6.07) is 2.07. The van der Waals surface area contributed by atoms with Gasteiger partial charge in [-0.15, -0.1) is 0 Å². The van der Waals surface area contributed by atoms with Gasteiger partial charge in [-0.05, 0) is 18.9 Å². The lowest BCUT2D eigenvalue weighted by Gasteiger charge is -2.38. The number of nitrogens with zero attached hydrogens (tertiary/aromatic N) is 4. The summed E-state index contributed by atoms with van der Waals surface area (Å²) in [5.41, 5.74) is 1.72. The van der Waals surface area contributed by atoms with Crippen molar-refractivity contribution in [1.29, 1.82) is 0 Å². The van der Waals surface area contributed by atoms with Gasteiger partial charge < -0.3 is 9.47 Å². The third kappa shape index (κ3) is 2.15. The predicted molar refractivity (Wildman–Crippen MR) is 75.9 cm³/mol. The average Bonchev–Trinajstić information content (AvgIpc) is 3.11. The van der Waals surface area contributed by atoms with Gasteiger partial charge in [0.15, 0.2) is 5.65 Å². The summed E-state index contributed by atoms with van der Waals surface area (Å²) in [6.45, 7) is -1.03. The third-order valence-electron chi connectivity index (χ3n) is 4.51. The van der Waals surface area contributed by atoms with Crippen molar-refractivity contribution in [2.45, 2.75) is 37.6 Å². The van der Waals surface area contributed by atoms with E-state index < -0.39 is 24.9 Å². The number of alkyl halides is 2. The van der Waals surface area contributed by atoms with Crippen LogP contribution < -0.4 is 0 Å². The number of fused-ring (bicyclic) bond motifs is 1. The maximum absolute atomic E-state index is 12.9. The maximum Gasteiger partial charge on any atom is 0.282 e. The smallest absolute Gasteiger partial charge is 0.282 e. The molecule has 7 heteroatoms. The minimum atomic E-state index is -2.75. The second-order valence-corrected chi connectivity index (χ2v) is 6.17. The number of pyridine rings is 1. The monoisotopic (exact) mass is 306 g/mol. The molecule has 0 atom stereocenters. The Hall–Kier alpha value is -2.05. The molecule has 22 heavy (non-hydrogen) atoms. The standard InChI is InChI=1S/C15H16F2N4O/c16-15(17)7-20(8-15)14(22)10-5-12-13(18-6-10)21(9-19-12)11-3-1-2-4-11/h5-6,9,11H,1-4,7-8H2. The van der Waals surface area contributed by atoms with E-state index in [4.69, 9.17) is 0 Å². The topological polar surface area (TPSA) is 51.0 Å². The van der Waals surface area contributed by atoms with E-state index in [9.17, 15) is 13.6 Å². The van der Waals surface area contributed by atoms with Crippen LogP contribution in [0.2, 0.25) is 0 Å². The normalized spacial score (nSPS) is 21.3. The number of carbonyl (C=O) groups excluding carboxylic acids is 1. The summed E-state index contributed by atoms with van der Waals surface area (Å²) in [4.78, 5) is 21.9. The van der Waals surface area contributed by atoms with Gasteiger partial charge in [0.25, 0.3) is 11.8 Å². The zero-order chi connectivity index (χ0) is 15.3. The van der Waals surface area contributed by atoms with E-state index in [0.29, 0.717) is 17.1 Å². The van der Waals surface area contributed by atoms with E-state index in [0.717, 1.165) is 23.4 Å². The first-order chi connectivity index (χ1) is 10.5. The molecule has 0 N–H and O–H groups in total. The van der Waals surface area contributed by atoms with Crippen LogP contribution in [0, 0.1) is 0 Å². The SMILES string of the molecule is O=C(c1cnc2c(c1)ncn2C1CCCC1)N1CC(F)(F)C1. The van der Waals surface area contributed by atoms with Gasteiger partial charge >= 0.3 is 0 Å². The molecule has 0 aromatic carbocycles. The van der Waals surface area contributed by atoms with Gasteiger partial charge in [0, 0.05) is 12.2 Å². The fraction of sp³-hybridized carbons (Fsp3) is 0.533. The van der Waals surface area contributed by atoms with Crippen LogP contribution in [0.4, 0.5) is 8.78 Å². The van der Waals surface area contributed by atoms with E-state index in [1.165, 1.54) is 19.0 Å². The first-order valence-electron chi connectivity index (χ1n) is 7.53. The van der Waals surface area contributed by atoms with Crippen LogP contribution in [0.1, 0.15) is 42.1 Å². The summed E-state index contributed by atoms with van der Waals surface area (Å²) in [6.07, 6.45) is 7.90. The summed E-state index contributed by atoms with van der Waals surface area (Å²) < 4.78 is 27.8. The van der Waals surface area contributed by atoms with Crippen LogP contribution in [0.15, 0.2) is 18.6 Å². The van der Waals surface area contributed by atoms with Gasteiger partial charge in [-0.1, -0.05) is 12.8 Å². The van der Waals surface area contributed by atoms with Crippen LogP contribution in [0.3, 0.4) is 0 Å². The summed E-state index contributed by atoms with van der Waals surface area (Å²) in [5, 5.41) is 0. The van der Waals surface area contributed by atoms with Gasteiger partial charge in [0.2, 0.25) is 0 Å². The second-order valence-electron chi connectivity index (χ2n) is 6.17. The highest BCUT2D eigenvalue weighted by Crippen LogP contribution is 2.32. The first kappa shape index (κ1) is 13.6. The van der Waals surface area contributed by atoms with E-state index in [-0.39, 0.29) is 0 Å². The van der Waals surface area contributed by atoms with Gasteiger partial charge in [-0.25, -0.2) is 18.7 Å². The molecule has 0 bridgehead atoms. The number of rotatable bonds is 2. The molecule has 4 rings (SSSR count). The number of amides is 1. The Kier molecular flexibility index (Phi) is 2.92. The van der Waals surface area contributed by atoms with E-state index in [1.54, 1.807) is 12.4 Å². The molecule has 0 spiro atoms. The molecule has 1 saturated carbocycles. The molecule has 3 heterocycles. The first-order valence-corrected chi connectivity index (χ1v) is 7.53. The quantitative estimate of drug-likeness (QED) is 0.857. The van der Waals surface area contributed by atoms with Crippen molar-refractivity contribution in [3.63, 3.8) is 0 Å². The molecule has 5 nitrogen and oxygen atoms in total. The zero-order valence-corrected chi connectivity index (χ0v) is 12.0. The predicted octanol–water partition coefficient (Wildman–Crippen LogP) is 2.64. The Morgan fingerprint density at radius 1 is 1.23 bits per heavy atom. The van der Waals surface area contributed by atoms with Crippen LogP contribution in [0.5, 0.6) is 0 Å². The molecule has 1 amide bonds. The van der Waals surface area contributed by atoms with Gasteiger partial charge in [-0.3, -0.25) is 4.79 Å². The number of imidazole rings is 1. The average molecular weight is 306 g/mol. The lowest BCUT2D eigenvalue weighted by atomic mass is 10.1. The lowest BCUT2D eigenvalue weighted by Crippen LogP contribution is -2.58. The maximum atomic E-state index is 12.9. The molecule has 116 valence electrons. The minimum Gasteiger partial charge on any atom is -0.326 e. The van der Waals surface area contributed by atoms with Gasteiger partial charge in [-0.2, -0.15) is 0 Å². The molecular weight excluding hydrogens is 290 g/mol. The van der Waals surface area contributed by atoms with E-state index in [1.807, 2.05) is 0 Å². The molecular formula is C15H16F2N4O. The Labute approximate surface area is 125 Å². The van der Waals surface area contributed by atoms with Crippen molar-refractivity contribution in [1.82, 2.24) is 19.4 Å². The van der Waals surface area contributed by atoms with Crippen molar-refractivity contribution in [3.05, 3.63) is 24.2 Å². The molecule has 1 saturated heterocycles. The Bertz CT molecular complexity index is 728. The highest BCUT2D eigenvalue weighted by Gasteiger charge is 2.46. The van der Waals surface area contributed by atoms with Crippen molar-refractivity contribution >= 4 is 17.1 Å². The zero-order valence-electron chi connectivity index (χ0n) is 12.0. The van der Waals surface area contributed by atoms with Gasteiger partial charge in [0.05, 0.1) is 25.0 Å². The minimum absolute atomic E-state index is 0.319. The Morgan fingerprint density at radius 2 is 1.95 bits per heavy atom. The van der Waals surface area contributed by atoms with Crippen molar-refractivity contribution < 1.29 is 13.6 Å². The van der Waals surface area contributed by atoms with Crippen LogP contribution in [-0.4, -0.2) is 44.4 Å². The van der Waals surface area contributed by atoms with Crippen LogP contribution >= 0.6 is 0 Å². The summed E-state index contributed by atoms with van der Waals surface area (Å²) >= 11 is 0. The number of aromatic nitrogens is 3. The second kappa shape index (κ2) is 4.72. The number of hydrogen-bond acceptors (Lipinski definition) is 3. The molecule has 1 aliphatic heterocycles. The highest BCUT2D eigenvalue weighted by molar-refractivity contribution is 5.96. The van der Waals surface area contributed by atoms with Crippen molar-refractivity contribution in [2.75, 3.05) is 13.1 Å². The Morgan fingerprint density at radius 3 is 2.64 bits per heavy atom. The van der Waals surface area contributed by atoms with Crippen LogP contribution in [0.25, 0.3) is 11.2 Å². The number of halogens is 2. The molecule has 2 aromatic heterocycles. The highest BCUT2D eigenvalue weighted by atomic mass is 19.3. The number of hydrogen-bond donors (Lipinski definition) is 0. The molecule has 2 aromatic rings. The van der Waals surface area contributed by atoms with E-state index in [2.05, 4.69) is 14.5 Å².